The van der Waals surface area contributed by atoms with Gasteiger partial charge in [0, 0.05) is 25.2 Å². The molecule has 0 atom stereocenters. The lowest BCUT2D eigenvalue weighted by atomic mass is 9.88. The molecular formula is C7H16Cl2N2. The zero-order valence-electron chi connectivity index (χ0n) is 6.53. The van der Waals surface area contributed by atoms with Crippen LogP contribution in [0.25, 0.3) is 0 Å². The number of hydrogen-bond acceptors (Lipinski definition) is 2. The predicted octanol–water partition coefficient (Wildman–Crippen LogP) is 1.03. The van der Waals surface area contributed by atoms with Gasteiger partial charge in [0.15, 0.2) is 0 Å². The number of likely N-dealkylation sites (tertiary alicyclic amines) is 1. The van der Waals surface area contributed by atoms with Crippen LogP contribution in [0.1, 0.15) is 19.3 Å². The third kappa shape index (κ3) is 2.22. The topological polar surface area (TPSA) is 29.3 Å². The fourth-order valence-electron chi connectivity index (χ4n) is 1.60. The predicted molar refractivity (Wildman–Crippen MR) is 51.7 cm³/mol. The fourth-order valence-corrected chi connectivity index (χ4v) is 1.60. The van der Waals surface area contributed by atoms with Crippen LogP contribution in [-0.2, 0) is 0 Å². The molecule has 2 nitrogen and oxygen atoms in total. The van der Waals surface area contributed by atoms with Crippen LogP contribution >= 0.6 is 24.8 Å². The van der Waals surface area contributed by atoms with E-state index in [0.717, 1.165) is 19.1 Å². The highest BCUT2D eigenvalue weighted by molar-refractivity contribution is 5.85. The maximum atomic E-state index is 5.64. The van der Waals surface area contributed by atoms with Crippen molar-refractivity contribution < 1.29 is 0 Å². The van der Waals surface area contributed by atoms with Crippen molar-refractivity contribution in [3.8, 4) is 0 Å². The lowest BCUT2D eigenvalue weighted by molar-refractivity contribution is 0.0500. The van der Waals surface area contributed by atoms with Crippen LogP contribution < -0.4 is 5.73 Å². The second-order valence-corrected chi connectivity index (χ2v) is 3.30. The van der Waals surface area contributed by atoms with Crippen molar-refractivity contribution in [1.82, 2.24) is 4.90 Å². The first-order chi connectivity index (χ1) is 4.36. The van der Waals surface area contributed by atoms with E-state index in [9.17, 15) is 0 Å². The van der Waals surface area contributed by atoms with Gasteiger partial charge in [-0.15, -0.1) is 24.8 Å². The van der Waals surface area contributed by atoms with Crippen LogP contribution in [0.4, 0.5) is 0 Å². The van der Waals surface area contributed by atoms with Crippen molar-refractivity contribution in [2.75, 3.05) is 13.1 Å². The SMILES string of the molecule is Cl.Cl.NC1CN(C2CCC2)C1. The summed E-state index contributed by atoms with van der Waals surface area (Å²) in [4.78, 5) is 2.51. The lowest BCUT2D eigenvalue weighted by Gasteiger charge is -2.46. The lowest BCUT2D eigenvalue weighted by Crippen LogP contribution is -2.60. The molecule has 11 heavy (non-hydrogen) atoms. The summed E-state index contributed by atoms with van der Waals surface area (Å²) >= 11 is 0. The number of hydrogen-bond donors (Lipinski definition) is 1. The monoisotopic (exact) mass is 198 g/mol. The molecule has 2 aliphatic rings. The zero-order valence-corrected chi connectivity index (χ0v) is 8.16. The molecule has 4 heteroatoms. The van der Waals surface area contributed by atoms with Gasteiger partial charge in [-0.3, -0.25) is 4.90 Å². The highest BCUT2D eigenvalue weighted by atomic mass is 35.5. The summed E-state index contributed by atoms with van der Waals surface area (Å²) in [7, 11) is 0. The molecular weight excluding hydrogens is 183 g/mol. The number of nitrogens with two attached hydrogens (primary N) is 1. The van der Waals surface area contributed by atoms with Gasteiger partial charge in [-0.2, -0.15) is 0 Å². The second-order valence-electron chi connectivity index (χ2n) is 3.30. The van der Waals surface area contributed by atoms with E-state index in [1.807, 2.05) is 0 Å². The van der Waals surface area contributed by atoms with Crippen LogP contribution in [-0.4, -0.2) is 30.1 Å². The Bertz CT molecular complexity index is 111. The van der Waals surface area contributed by atoms with Gasteiger partial charge in [-0.25, -0.2) is 0 Å². The van der Waals surface area contributed by atoms with Crippen LogP contribution in [0.5, 0.6) is 0 Å². The van der Waals surface area contributed by atoms with E-state index in [1.165, 1.54) is 19.3 Å². The first-order valence-electron chi connectivity index (χ1n) is 3.86. The summed E-state index contributed by atoms with van der Waals surface area (Å²) in [6.07, 6.45) is 4.29. The van der Waals surface area contributed by atoms with E-state index in [2.05, 4.69) is 4.90 Å². The summed E-state index contributed by atoms with van der Waals surface area (Å²) in [5.41, 5.74) is 5.64. The minimum atomic E-state index is 0. The maximum Gasteiger partial charge on any atom is 0.0297 e. The average molecular weight is 199 g/mol. The first kappa shape index (κ1) is 11.5. The van der Waals surface area contributed by atoms with Crippen molar-refractivity contribution in [2.24, 2.45) is 5.73 Å². The molecule has 1 saturated carbocycles. The Morgan fingerprint density at radius 2 is 1.64 bits per heavy atom. The normalized spacial score (nSPS) is 25.9. The van der Waals surface area contributed by atoms with Crippen LogP contribution in [0.3, 0.4) is 0 Å². The van der Waals surface area contributed by atoms with E-state index in [0.29, 0.717) is 6.04 Å². The molecule has 1 heterocycles. The van der Waals surface area contributed by atoms with E-state index < -0.39 is 0 Å². The molecule has 2 fully saturated rings. The molecule has 0 spiro atoms. The Morgan fingerprint density at radius 3 is 1.91 bits per heavy atom. The van der Waals surface area contributed by atoms with Crippen molar-refractivity contribution in [1.29, 1.82) is 0 Å². The zero-order chi connectivity index (χ0) is 6.27. The largest absolute Gasteiger partial charge is 0.325 e. The van der Waals surface area contributed by atoms with Crippen molar-refractivity contribution in [3.05, 3.63) is 0 Å². The standard InChI is InChI=1S/C7H14N2.2ClH/c8-6-4-9(5-6)7-2-1-3-7;;/h6-7H,1-5,8H2;2*1H. The van der Waals surface area contributed by atoms with Gasteiger partial charge in [-0.05, 0) is 12.8 Å². The van der Waals surface area contributed by atoms with Gasteiger partial charge in [0.25, 0.3) is 0 Å². The molecule has 1 saturated heterocycles. The van der Waals surface area contributed by atoms with Gasteiger partial charge >= 0.3 is 0 Å². The van der Waals surface area contributed by atoms with Gasteiger partial charge in [0.05, 0.1) is 0 Å². The highest BCUT2D eigenvalue weighted by Crippen LogP contribution is 2.27. The van der Waals surface area contributed by atoms with Gasteiger partial charge in [0.2, 0.25) is 0 Å². The molecule has 0 radical (unpaired) electrons. The Balaban J connectivity index is 0.000000500. The van der Waals surface area contributed by atoms with Crippen molar-refractivity contribution in [2.45, 2.75) is 31.3 Å². The Kier molecular flexibility index (Phi) is 4.71. The third-order valence-electron chi connectivity index (χ3n) is 2.53. The molecule has 0 aromatic rings. The molecule has 1 aliphatic carbocycles. The summed E-state index contributed by atoms with van der Waals surface area (Å²) in [5, 5.41) is 0. The van der Waals surface area contributed by atoms with E-state index in [4.69, 9.17) is 5.73 Å². The average Bonchev–Trinajstić information content (AvgIpc) is 1.57. The number of nitrogens with zero attached hydrogens (tertiary/aromatic N) is 1. The molecule has 2 rings (SSSR count). The van der Waals surface area contributed by atoms with Crippen molar-refractivity contribution in [3.63, 3.8) is 0 Å². The van der Waals surface area contributed by atoms with E-state index >= 15 is 0 Å². The van der Waals surface area contributed by atoms with E-state index in [-0.39, 0.29) is 24.8 Å². The van der Waals surface area contributed by atoms with Gasteiger partial charge in [-0.1, -0.05) is 6.42 Å². The van der Waals surface area contributed by atoms with E-state index in [1.54, 1.807) is 0 Å². The summed E-state index contributed by atoms with van der Waals surface area (Å²) < 4.78 is 0. The first-order valence-corrected chi connectivity index (χ1v) is 3.86. The quantitative estimate of drug-likeness (QED) is 0.683. The minimum absolute atomic E-state index is 0. The minimum Gasteiger partial charge on any atom is -0.325 e. The van der Waals surface area contributed by atoms with Crippen LogP contribution in [0, 0.1) is 0 Å². The third-order valence-corrected chi connectivity index (χ3v) is 2.53. The molecule has 0 aromatic heterocycles. The second kappa shape index (κ2) is 4.51. The maximum absolute atomic E-state index is 5.64. The number of rotatable bonds is 1. The molecule has 0 unspecified atom stereocenters. The van der Waals surface area contributed by atoms with Crippen LogP contribution in [0.2, 0.25) is 0 Å². The number of halogens is 2. The fraction of sp³-hybridized carbons (Fsp3) is 1.00. The van der Waals surface area contributed by atoms with Gasteiger partial charge in [0.1, 0.15) is 0 Å². The van der Waals surface area contributed by atoms with Crippen molar-refractivity contribution >= 4 is 24.8 Å². The summed E-state index contributed by atoms with van der Waals surface area (Å²) in [6, 6.07) is 1.41. The summed E-state index contributed by atoms with van der Waals surface area (Å²) in [5.74, 6) is 0. The molecule has 2 N–H and O–H groups in total. The molecule has 0 amide bonds. The Morgan fingerprint density at radius 1 is 1.09 bits per heavy atom. The smallest absolute Gasteiger partial charge is 0.0297 e. The molecule has 68 valence electrons. The van der Waals surface area contributed by atoms with Crippen LogP contribution in [0.15, 0.2) is 0 Å². The molecule has 0 bridgehead atoms. The molecule has 0 aromatic carbocycles. The Hall–Kier alpha value is 0.500. The van der Waals surface area contributed by atoms with Gasteiger partial charge < -0.3 is 5.73 Å². The molecule has 1 aliphatic heterocycles. The Labute approximate surface area is 80.3 Å². The highest BCUT2D eigenvalue weighted by Gasteiger charge is 2.32. The summed E-state index contributed by atoms with van der Waals surface area (Å²) in [6.45, 7) is 2.31.